The minimum atomic E-state index is -3.83. The number of ether oxygens (including phenoxy) is 1. The molecule has 0 heterocycles. The van der Waals surface area contributed by atoms with E-state index in [-0.39, 0.29) is 24.2 Å². The number of nitrogens with one attached hydrogen (secondary N) is 1. The minimum absolute atomic E-state index is 0.108. The first-order chi connectivity index (χ1) is 15.9. The maximum atomic E-state index is 13.6. The molecule has 8 nitrogen and oxygen atoms in total. The number of carbonyl (C=O) groups excluding carboxylic acids is 2. The summed E-state index contributed by atoms with van der Waals surface area (Å²) in [6.07, 6.45) is 1.04. The van der Waals surface area contributed by atoms with Gasteiger partial charge < -0.3 is 15.0 Å². The third-order valence-electron chi connectivity index (χ3n) is 4.95. The van der Waals surface area contributed by atoms with Crippen molar-refractivity contribution in [3.05, 3.63) is 58.6 Å². The summed E-state index contributed by atoms with van der Waals surface area (Å²) in [5.74, 6) is -0.477. The van der Waals surface area contributed by atoms with Crippen LogP contribution in [0.4, 0.5) is 5.69 Å². The Morgan fingerprint density at radius 2 is 1.76 bits per heavy atom. The predicted octanol–water partition coefficient (Wildman–Crippen LogP) is 3.56. The second-order valence-electron chi connectivity index (χ2n) is 8.16. The summed E-state index contributed by atoms with van der Waals surface area (Å²) < 4.78 is 32.9. The van der Waals surface area contributed by atoms with Crippen molar-refractivity contribution in [3.8, 4) is 5.75 Å². The quantitative estimate of drug-likeness (QED) is 0.459. The number of anilines is 1. The molecule has 2 rings (SSSR count). The van der Waals surface area contributed by atoms with Crippen LogP contribution in [0.1, 0.15) is 33.3 Å². The van der Waals surface area contributed by atoms with Crippen LogP contribution in [0.2, 0.25) is 0 Å². The van der Waals surface area contributed by atoms with E-state index in [9.17, 15) is 18.0 Å². The van der Waals surface area contributed by atoms with E-state index in [2.05, 4.69) is 21.2 Å². The molecule has 0 saturated carbocycles. The second-order valence-corrected chi connectivity index (χ2v) is 11.0. The summed E-state index contributed by atoms with van der Waals surface area (Å²) in [4.78, 5) is 27.7. The zero-order valence-corrected chi connectivity index (χ0v) is 22.5. The van der Waals surface area contributed by atoms with Gasteiger partial charge in [0.2, 0.25) is 21.8 Å². The average molecular weight is 555 g/mol. The topological polar surface area (TPSA) is 96.0 Å². The summed E-state index contributed by atoms with van der Waals surface area (Å²) in [6.45, 7) is 7.09. The van der Waals surface area contributed by atoms with Crippen molar-refractivity contribution < 1.29 is 22.7 Å². The molecule has 1 N–H and O–H groups in total. The van der Waals surface area contributed by atoms with Crippen LogP contribution in [0.15, 0.2) is 53.0 Å². The summed E-state index contributed by atoms with van der Waals surface area (Å²) in [5.41, 5.74) is 1.06. The lowest BCUT2D eigenvalue weighted by molar-refractivity contribution is -0.139. The molecule has 0 aliphatic carbocycles. The van der Waals surface area contributed by atoms with Crippen molar-refractivity contribution in [2.45, 2.75) is 46.3 Å². The molecule has 2 aromatic carbocycles. The van der Waals surface area contributed by atoms with E-state index in [0.29, 0.717) is 12.4 Å². The number of halogens is 1. The van der Waals surface area contributed by atoms with Gasteiger partial charge in [-0.25, -0.2) is 8.42 Å². The first kappa shape index (κ1) is 27.7. The van der Waals surface area contributed by atoms with Crippen LogP contribution in [-0.2, 0) is 26.2 Å². The number of sulfonamides is 1. The average Bonchev–Trinajstić information content (AvgIpc) is 2.75. The normalized spacial score (nSPS) is 12.2. The van der Waals surface area contributed by atoms with E-state index in [1.54, 1.807) is 38.1 Å². The highest BCUT2D eigenvalue weighted by Gasteiger charge is 2.31. The molecule has 0 aliphatic heterocycles. The summed E-state index contributed by atoms with van der Waals surface area (Å²) in [5, 5.41) is 2.82. The van der Waals surface area contributed by atoms with Gasteiger partial charge in [-0.05, 0) is 57.5 Å². The van der Waals surface area contributed by atoms with Crippen molar-refractivity contribution in [2.75, 3.05) is 23.7 Å². The summed E-state index contributed by atoms with van der Waals surface area (Å²) in [6, 6.07) is 13.1. The Morgan fingerprint density at radius 1 is 1.09 bits per heavy atom. The molecule has 10 heteroatoms. The Balaban J connectivity index is 2.44. The number of para-hydroxylation sites is 2. The molecule has 0 saturated heterocycles. The van der Waals surface area contributed by atoms with Crippen LogP contribution >= 0.6 is 15.9 Å². The Kier molecular flexibility index (Phi) is 9.93. The smallest absolute Gasteiger partial charge is 0.244 e. The molecule has 0 unspecified atom stereocenters. The van der Waals surface area contributed by atoms with Crippen LogP contribution in [0.25, 0.3) is 0 Å². The lowest BCUT2D eigenvalue weighted by Crippen LogP contribution is -2.52. The number of hydrogen-bond acceptors (Lipinski definition) is 5. The van der Waals surface area contributed by atoms with Crippen molar-refractivity contribution in [1.29, 1.82) is 0 Å². The fourth-order valence-electron chi connectivity index (χ4n) is 3.36. The molecule has 34 heavy (non-hydrogen) atoms. The standard InChI is InChI=1S/C24H32BrN3O5S/c1-6-33-22-13-8-7-12-21(22)28(34(5,31)32)16-23(29)27(18(4)24(30)26-17(2)3)15-19-10-9-11-20(25)14-19/h7-14,17-18H,6,15-16H2,1-5H3,(H,26,30)/t18-/m0/s1. The van der Waals surface area contributed by atoms with E-state index >= 15 is 0 Å². The van der Waals surface area contributed by atoms with Crippen LogP contribution in [0.5, 0.6) is 5.75 Å². The van der Waals surface area contributed by atoms with Gasteiger partial charge in [0.1, 0.15) is 18.3 Å². The van der Waals surface area contributed by atoms with Crippen LogP contribution < -0.4 is 14.4 Å². The SMILES string of the molecule is CCOc1ccccc1N(CC(=O)N(Cc1cccc(Br)c1)[C@@H](C)C(=O)NC(C)C)S(C)(=O)=O. The highest BCUT2D eigenvalue weighted by atomic mass is 79.9. The zero-order chi connectivity index (χ0) is 25.5. The van der Waals surface area contributed by atoms with Gasteiger partial charge in [-0.3, -0.25) is 13.9 Å². The van der Waals surface area contributed by atoms with Gasteiger partial charge in [-0.1, -0.05) is 40.2 Å². The number of benzene rings is 2. The predicted molar refractivity (Wildman–Crippen MR) is 137 cm³/mol. The first-order valence-electron chi connectivity index (χ1n) is 11.0. The second kappa shape index (κ2) is 12.2. The third-order valence-corrected chi connectivity index (χ3v) is 6.57. The molecular formula is C24H32BrN3O5S. The molecule has 0 fully saturated rings. The van der Waals surface area contributed by atoms with Crippen molar-refractivity contribution in [3.63, 3.8) is 0 Å². The first-order valence-corrected chi connectivity index (χ1v) is 13.6. The summed E-state index contributed by atoms with van der Waals surface area (Å²) in [7, 11) is -3.83. The Labute approximate surface area is 210 Å². The highest BCUT2D eigenvalue weighted by Crippen LogP contribution is 2.30. The molecule has 186 valence electrons. The molecule has 0 radical (unpaired) electrons. The molecule has 0 bridgehead atoms. The van der Waals surface area contributed by atoms with E-state index < -0.39 is 28.5 Å². The zero-order valence-electron chi connectivity index (χ0n) is 20.1. The highest BCUT2D eigenvalue weighted by molar-refractivity contribution is 9.10. The molecule has 1 atom stereocenters. The molecule has 0 aromatic heterocycles. The van der Waals surface area contributed by atoms with Crippen molar-refractivity contribution in [2.24, 2.45) is 0 Å². The minimum Gasteiger partial charge on any atom is -0.492 e. The van der Waals surface area contributed by atoms with Crippen molar-refractivity contribution >= 4 is 43.5 Å². The van der Waals surface area contributed by atoms with Gasteiger partial charge in [-0.2, -0.15) is 0 Å². The number of rotatable bonds is 11. The van der Waals surface area contributed by atoms with Gasteiger partial charge in [0.15, 0.2) is 0 Å². The largest absolute Gasteiger partial charge is 0.492 e. The maximum absolute atomic E-state index is 13.6. The van der Waals surface area contributed by atoms with Gasteiger partial charge >= 0.3 is 0 Å². The number of amides is 2. The molecule has 0 spiro atoms. The molecule has 0 aliphatic rings. The lowest BCUT2D eigenvalue weighted by atomic mass is 10.1. The van der Waals surface area contributed by atoms with E-state index in [1.807, 2.05) is 38.1 Å². The van der Waals surface area contributed by atoms with Gasteiger partial charge in [-0.15, -0.1) is 0 Å². The van der Waals surface area contributed by atoms with E-state index in [4.69, 9.17) is 4.74 Å². The number of nitrogens with zero attached hydrogens (tertiary/aromatic N) is 2. The molecular weight excluding hydrogens is 522 g/mol. The monoisotopic (exact) mass is 553 g/mol. The Hall–Kier alpha value is -2.59. The van der Waals surface area contributed by atoms with Gasteiger partial charge in [0.25, 0.3) is 0 Å². The summed E-state index contributed by atoms with van der Waals surface area (Å²) >= 11 is 3.42. The van der Waals surface area contributed by atoms with Crippen molar-refractivity contribution in [1.82, 2.24) is 10.2 Å². The molecule has 2 amide bonds. The maximum Gasteiger partial charge on any atom is 0.244 e. The van der Waals surface area contributed by atoms with Crippen LogP contribution in [0, 0.1) is 0 Å². The van der Waals surface area contributed by atoms with E-state index in [0.717, 1.165) is 20.6 Å². The Morgan fingerprint density at radius 3 is 2.35 bits per heavy atom. The Bertz CT molecular complexity index is 1110. The van der Waals surface area contributed by atoms with Crippen LogP contribution in [-0.4, -0.2) is 56.6 Å². The van der Waals surface area contributed by atoms with E-state index in [1.165, 1.54) is 4.90 Å². The third kappa shape index (κ3) is 7.73. The van der Waals surface area contributed by atoms with Gasteiger partial charge in [0, 0.05) is 17.1 Å². The fraction of sp³-hybridized carbons (Fsp3) is 0.417. The van der Waals surface area contributed by atoms with Crippen LogP contribution in [0.3, 0.4) is 0 Å². The number of carbonyl (C=O) groups is 2. The fourth-order valence-corrected chi connectivity index (χ4v) is 4.66. The molecule has 2 aromatic rings. The number of hydrogen-bond donors (Lipinski definition) is 1. The van der Waals surface area contributed by atoms with Gasteiger partial charge in [0.05, 0.1) is 18.6 Å². The lowest BCUT2D eigenvalue weighted by Gasteiger charge is -2.32.